The van der Waals surface area contributed by atoms with Crippen LogP contribution in [0.1, 0.15) is 5.56 Å². The van der Waals surface area contributed by atoms with E-state index >= 15 is 0 Å². The van der Waals surface area contributed by atoms with E-state index in [1.807, 2.05) is 59.2 Å². The van der Waals surface area contributed by atoms with Crippen LogP contribution in [0.3, 0.4) is 0 Å². The first-order chi connectivity index (χ1) is 15.9. The summed E-state index contributed by atoms with van der Waals surface area (Å²) in [5, 5.41) is 23.1. The van der Waals surface area contributed by atoms with Crippen molar-refractivity contribution in [3.05, 3.63) is 92.9 Å². The average Bonchev–Trinajstić information content (AvgIpc) is 3.23. The highest BCUT2D eigenvalue weighted by atomic mass is 79.9. The highest BCUT2D eigenvalue weighted by molar-refractivity contribution is 9.10. The van der Waals surface area contributed by atoms with Gasteiger partial charge in [0.1, 0.15) is 0 Å². The van der Waals surface area contributed by atoms with E-state index in [4.69, 9.17) is 0 Å². The van der Waals surface area contributed by atoms with E-state index in [0.717, 1.165) is 21.3 Å². The molecule has 0 atom stereocenters. The summed E-state index contributed by atoms with van der Waals surface area (Å²) in [6.45, 7) is 1.78. The maximum Gasteiger partial charge on any atom is 0.271 e. The number of nitro groups is 1. The number of hydrogen-bond acceptors (Lipinski definition) is 6. The van der Waals surface area contributed by atoms with Gasteiger partial charge in [-0.3, -0.25) is 19.5 Å². The van der Waals surface area contributed by atoms with Gasteiger partial charge in [0.15, 0.2) is 11.0 Å². The fourth-order valence-electron chi connectivity index (χ4n) is 3.16. The Labute approximate surface area is 202 Å². The van der Waals surface area contributed by atoms with Crippen molar-refractivity contribution in [3.63, 3.8) is 0 Å². The molecule has 0 unspecified atom stereocenters. The van der Waals surface area contributed by atoms with Crippen LogP contribution < -0.4 is 5.32 Å². The number of aromatic nitrogens is 3. The normalized spacial score (nSPS) is 10.7. The summed E-state index contributed by atoms with van der Waals surface area (Å²) in [5.41, 5.74) is 2.81. The van der Waals surface area contributed by atoms with Crippen molar-refractivity contribution in [2.75, 3.05) is 11.1 Å². The third kappa shape index (κ3) is 5.12. The Hall–Kier alpha value is -3.50. The van der Waals surface area contributed by atoms with Crippen molar-refractivity contribution in [1.82, 2.24) is 14.8 Å². The number of nitro benzene ring substituents is 1. The van der Waals surface area contributed by atoms with Crippen LogP contribution in [0.2, 0.25) is 0 Å². The monoisotopic (exact) mass is 523 g/mol. The first-order valence-electron chi connectivity index (χ1n) is 9.87. The molecule has 1 aromatic heterocycles. The van der Waals surface area contributed by atoms with E-state index in [1.165, 1.54) is 23.9 Å². The Morgan fingerprint density at radius 3 is 2.55 bits per heavy atom. The number of carbonyl (C=O) groups is 1. The number of anilines is 1. The van der Waals surface area contributed by atoms with Crippen molar-refractivity contribution in [2.45, 2.75) is 12.1 Å². The number of nitrogens with zero attached hydrogens (tertiary/aromatic N) is 4. The zero-order chi connectivity index (χ0) is 23.4. The summed E-state index contributed by atoms with van der Waals surface area (Å²) in [6, 6.07) is 21.8. The maximum absolute atomic E-state index is 12.6. The number of rotatable bonds is 7. The topological polar surface area (TPSA) is 103 Å². The van der Waals surface area contributed by atoms with Crippen LogP contribution in [-0.2, 0) is 4.79 Å². The standard InChI is InChI=1S/C23H18BrN5O3S/c1-15-11-12-17(29(31)32)13-20(15)25-21(30)14-33-23-27-26-22(18-9-5-6-10-19(18)24)28(23)16-7-3-2-4-8-16/h2-13H,14H2,1H3,(H,25,30). The predicted molar refractivity (Wildman–Crippen MR) is 132 cm³/mol. The maximum atomic E-state index is 12.6. The summed E-state index contributed by atoms with van der Waals surface area (Å²) in [4.78, 5) is 23.2. The second kappa shape index (κ2) is 9.97. The number of hydrogen-bond donors (Lipinski definition) is 1. The number of carbonyl (C=O) groups excluding carboxylic acids is 1. The predicted octanol–water partition coefficient (Wildman–Crippen LogP) is 5.64. The molecule has 1 heterocycles. The van der Waals surface area contributed by atoms with Gasteiger partial charge in [-0.05, 0) is 30.7 Å². The SMILES string of the molecule is Cc1ccc([N+](=O)[O-])cc1NC(=O)CSc1nnc(-c2ccccc2Br)n1-c1ccccc1. The van der Waals surface area contributed by atoms with Gasteiger partial charge in [0.2, 0.25) is 5.91 Å². The first kappa shape index (κ1) is 22.7. The van der Waals surface area contributed by atoms with Gasteiger partial charge in [0.25, 0.3) is 5.69 Å². The van der Waals surface area contributed by atoms with Gasteiger partial charge in [-0.2, -0.15) is 0 Å². The molecule has 0 aliphatic heterocycles. The first-order valence-corrected chi connectivity index (χ1v) is 11.7. The van der Waals surface area contributed by atoms with Crippen LogP contribution in [0.15, 0.2) is 82.4 Å². The Bertz CT molecular complexity index is 1330. The largest absolute Gasteiger partial charge is 0.325 e. The molecule has 1 amide bonds. The van der Waals surface area contributed by atoms with Crippen molar-refractivity contribution in [3.8, 4) is 17.1 Å². The molecular weight excluding hydrogens is 506 g/mol. The van der Waals surface area contributed by atoms with Crippen molar-refractivity contribution in [1.29, 1.82) is 0 Å². The highest BCUT2D eigenvalue weighted by Crippen LogP contribution is 2.32. The Kier molecular flexibility index (Phi) is 6.85. The molecule has 4 aromatic rings. The van der Waals surface area contributed by atoms with E-state index < -0.39 is 4.92 Å². The fourth-order valence-corrected chi connectivity index (χ4v) is 4.38. The van der Waals surface area contributed by atoms with Crippen molar-refractivity contribution >= 4 is 45.0 Å². The van der Waals surface area contributed by atoms with Gasteiger partial charge in [0.05, 0.1) is 16.4 Å². The minimum Gasteiger partial charge on any atom is -0.325 e. The highest BCUT2D eigenvalue weighted by Gasteiger charge is 2.19. The van der Waals surface area contributed by atoms with E-state index in [1.54, 1.807) is 13.0 Å². The molecule has 10 heteroatoms. The zero-order valence-electron chi connectivity index (χ0n) is 17.4. The molecule has 0 saturated carbocycles. The number of para-hydroxylation sites is 1. The number of thioether (sulfide) groups is 1. The molecule has 8 nitrogen and oxygen atoms in total. The zero-order valence-corrected chi connectivity index (χ0v) is 19.8. The molecule has 33 heavy (non-hydrogen) atoms. The molecule has 0 aliphatic rings. The number of aryl methyl sites for hydroxylation is 1. The quantitative estimate of drug-likeness (QED) is 0.191. The second-order valence-electron chi connectivity index (χ2n) is 7.05. The molecule has 0 fully saturated rings. The van der Waals surface area contributed by atoms with Crippen LogP contribution in [0.25, 0.3) is 17.1 Å². The molecule has 0 aliphatic carbocycles. The third-order valence-electron chi connectivity index (χ3n) is 4.80. The second-order valence-corrected chi connectivity index (χ2v) is 8.85. The molecule has 4 rings (SSSR count). The van der Waals surface area contributed by atoms with Gasteiger partial charge >= 0.3 is 0 Å². The molecule has 0 saturated heterocycles. The summed E-state index contributed by atoms with van der Waals surface area (Å²) in [7, 11) is 0. The molecule has 0 bridgehead atoms. The van der Waals surface area contributed by atoms with E-state index in [-0.39, 0.29) is 17.3 Å². The van der Waals surface area contributed by atoms with Crippen LogP contribution in [0, 0.1) is 17.0 Å². The smallest absolute Gasteiger partial charge is 0.271 e. The van der Waals surface area contributed by atoms with Crippen LogP contribution in [-0.4, -0.2) is 31.3 Å². The lowest BCUT2D eigenvalue weighted by Gasteiger charge is -2.11. The molecule has 1 N–H and O–H groups in total. The molecule has 166 valence electrons. The number of amides is 1. The van der Waals surface area contributed by atoms with Gasteiger partial charge in [-0.25, -0.2) is 0 Å². The molecule has 3 aromatic carbocycles. The lowest BCUT2D eigenvalue weighted by Crippen LogP contribution is -2.15. The number of benzene rings is 3. The van der Waals surface area contributed by atoms with Gasteiger partial charge < -0.3 is 5.32 Å². The Balaban J connectivity index is 1.59. The summed E-state index contributed by atoms with van der Waals surface area (Å²) in [5.74, 6) is 0.406. The van der Waals surface area contributed by atoms with Crippen molar-refractivity contribution < 1.29 is 9.72 Å². The van der Waals surface area contributed by atoms with Crippen LogP contribution in [0.5, 0.6) is 0 Å². The molecule has 0 spiro atoms. The lowest BCUT2D eigenvalue weighted by molar-refractivity contribution is -0.384. The summed E-state index contributed by atoms with van der Waals surface area (Å²) >= 11 is 4.81. The number of non-ortho nitro benzene ring substituents is 1. The number of halogens is 1. The van der Waals surface area contributed by atoms with E-state index in [0.29, 0.717) is 16.7 Å². The van der Waals surface area contributed by atoms with Gasteiger partial charge in [-0.15, -0.1) is 10.2 Å². The Morgan fingerprint density at radius 2 is 1.82 bits per heavy atom. The summed E-state index contributed by atoms with van der Waals surface area (Å²) in [6.07, 6.45) is 0. The molecule has 0 radical (unpaired) electrons. The Morgan fingerprint density at radius 1 is 1.09 bits per heavy atom. The van der Waals surface area contributed by atoms with Crippen LogP contribution >= 0.6 is 27.7 Å². The average molecular weight is 524 g/mol. The minimum atomic E-state index is -0.491. The summed E-state index contributed by atoms with van der Waals surface area (Å²) < 4.78 is 2.78. The number of nitrogens with one attached hydrogen (secondary N) is 1. The van der Waals surface area contributed by atoms with E-state index in [9.17, 15) is 14.9 Å². The van der Waals surface area contributed by atoms with Gasteiger partial charge in [0, 0.05) is 27.9 Å². The lowest BCUT2D eigenvalue weighted by atomic mass is 10.2. The fraction of sp³-hybridized carbons (Fsp3) is 0.0870. The van der Waals surface area contributed by atoms with Crippen molar-refractivity contribution in [2.24, 2.45) is 0 Å². The molecular formula is C23H18BrN5O3S. The van der Waals surface area contributed by atoms with E-state index in [2.05, 4.69) is 31.4 Å². The minimum absolute atomic E-state index is 0.0586. The third-order valence-corrected chi connectivity index (χ3v) is 6.42. The van der Waals surface area contributed by atoms with Gasteiger partial charge in [-0.1, -0.05) is 70.2 Å². The van der Waals surface area contributed by atoms with Crippen LogP contribution in [0.4, 0.5) is 11.4 Å².